The summed E-state index contributed by atoms with van der Waals surface area (Å²) < 4.78 is 13.1. The molecule has 1 saturated heterocycles. The van der Waals surface area contributed by atoms with Crippen LogP contribution in [-0.2, 0) is 9.59 Å². The summed E-state index contributed by atoms with van der Waals surface area (Å²) in [5.41, 5.74) is 1.65. The Morgan fingerprint density at radius 2 is 1.77 bits per heavy atom. The van der Waals surface area contributed by atoms with E-state index in [-0.39, 0.29) is 5.82 Å². The third kappa shape index (κ3) is 6.47. The summed E-state index contributed by atoms with van der Waals surface area (Å²) in [6.45, 7) is 4.91. The predicted octanol–water partition coefficient (Wildman–Crippen LogP) is 2.81. The summed E-state index contributed by atoms with van der Waals surface area (Å²) in [7, 11) is 0. The molecule has 0 aromatic heterocycles. The molecule has 6 nitrogen and oxygen atoms in total. The molecule has 2 aromatic rings. The molecule has 160 valence electrons. The molecular weight excluding hydrogens is 403 g/mol. The van der Waals surface area contributed by atoms with E-state index in [0.29, 0.717) is 12.2 Å². The lowest BCUT2D eigenvalue weighted by atomic mass is 10.2. The van der Waals surface area contributed by atoms with Crippen molar-refractivity contribution in [3.8, 4) is 0 Å². The van der Waals surface area contributed by atoms with Gasteiger partial charge in [-0.1, -0.05) is 6.07 Å². The largest absolute Gasteiger partial charge is 0.369 e. The number of nitrogens with one attached hydrogen (secondary N) is 2. The zero-order valence-electron chi connectivity index (χ0n) is 17.1. The van der Waals surface area contributed by atoms with E-state index in [0.717, 1.165) is 49.7 Å². The normalized spacial score (nSPS) is 14.4. The molecule has 2 N–H and O–H groups in total. The summed E-state index contributed by atoms with van der Waals surface area (Å²) >= 11 is 1.57. The Kier molecular flexibility index (Phi) is 8.10. The maximum Gasteiger partial charge on any atom is 0.313 e. The molecule has 3 rings (SSSR count). The highest BCUT2D eigenvalue weighted by atomic mass is 32.2. The number of nitrogens with zero attached hydrogens (tertiary/aromatic N) is 2. The first kappa shape index (κ1) is 22.1. The molecule has 2 aromatic carbocycles. The summed E-state index contributed by atoms with van der Waals surface area (Å²) in [5, 5.41) is 5.31. The van der Waals surface area contributed by atoms with E-state index in [2.05, 4.69) is 20.4 Å². The molecule has 0 bridgehead atoms. The van der Waals surface area contributed by atoms with Crippen molar-refractivity contribution < 1.29 is 14.0 Å². The van der Waals surface area contributed by atoms with Gasteiger partial charge in [-0.25, -0.2) is 4.39 Å². The second-order valence-electron chi connectivity index (χ2n) is 7.10. The molecule has 0 unspecified atom stereocenters. The fraction of sp³-hybridized carbons (Fsp3) is 0.364. The Bertz CT molecular complexity index is 854. The number of amides is 2. The fourth-order valence-corrected chi connectivity index (χ4v) is 3.81. The number of halogens is 1. The Morgan fingerprint density at radius 1 is 1.03 bits per heavy atom. The number of piperazine rings is 1. The monoisotopic (exact) mass is 430 g/mol. The smallest absolute Gasteiger partial charge is 0.313 e. The molecule has 0 spiro atoms. The molecule has 1 aliphatic rings. The van der Waals surface area contributed by atoms with Crippen molar-refractivity contribution in [1.82, 2.24) is 10.2 Å². The van der Waals surface area contributed by atoms with Crippen LogP contribution >= 0.6 is 11.8 Å². The average Bonchev–Trinajstić information content (AvgIpc) is 2.77. The number of anilines is 2. The van der Waals surface area contributed by atoms with Crippen molar-refractivity contribution in [1.29, 1.82) is 0 Å². The lowest BCUT2D eigenvalue weighted by molar-refractivity contribution is -0.136. The molecule has 8 heteroatoms. The van der Waals surface area contributed by atoms with Gasteiger partial charge in [0.2, 0.25) is 0 Å². The molecule has 1 heterocycles. The minimum absolute atomic E-state index is 0.221. The minimum atomic E-state index is -0.652. The van der Waals surface area contributed by atoms with Gasteiger partial charge in [-0.3, -0.25) is 14.5 Å². The first-order chi connectivity index (χ1) is 14.5. The molecule has 1 aliphatic heterocycles. The van der Waals surface area contributed by atoms with E-state index in [9.17, 15) is 14.0 Å². The summed E-state index contributed by atoms with van der Waals surface area (Å²) in [6, 6.07) is 14.0. The van der Waals surface area contributed by atoms with E-state index in [1.807, 2.05) is 36.6 Å². The summed E-state index contributed by atoms with van der Waals surface area (Å²) in [5.74, 6) is -1.49. The van der Waals surface area contributed by atoms with Gasteiger partial charge in [-0.2, -0.15) is 0 Å². The third-order valence-electron chi connectivity index (χ3n) is 5.03. The lowest BCUT2D eigenvalue weighted by Crippen LogP contribution is -2.47. The van der Waals surface area contributed by atoms with Crippen molar-refractivity contribution >= 4 is 35.0 Å². The Morgan fingerprint density at radius 3 is 2.47 bits per heavy atom. The van der Waals surface area contributed by atoms with Crippen LogP contribution in [0.4, 0.5) is 15.8 Å². The lowest BCUT2D eigenvalue weighted by Gasteiger charge is -2.36. The zero-order chi connectivity index (χ0) is 21.3. The molecule has 0 saturated carbocycles. The Hall–Kier alpha value is -2.58. The number of hydrogen-bond donors (Lipinski definition) is 2. The minimum Gasteiger partial charge on any atom is -0.369 e. The third-order valence-corrected chi connectivity index (χ3v) is 5.76. The SMILES string of the molecule is CSc1cccc(NC(=O)C(=O)NCCCN2CCN(c3ccc(F)cc3)CC2)c1. The molecule has 1 fully saturated rings. The van der Waals surface area contributed by atoms with Crippen molar-refractivity contribution in [2.24, 2.45) is 0 Å². The molecule has 2 amide bonds. The molecule has 30 heavy (non-hydrogen) atoms. The van der Waals surface area contributed by atoms with Crippen molar-refractivity contribution in [2.45, 2.75) is 11.3 Å². The second-order valence-corrected chi connectivity index (χ2v) is 7.98. The number of hydrogen-bond acceptors (Lipinski definition) is 5. The van der Waals surface area contributed by atoms with Crippen LogP contribution in [0.25, 0.3) is 0 Å². The second kappa shape index (κ2) is 11.0. The summed E-state index contributed by atoms with van der Waals surface area (Å²) in [6.07, 6.45) is 2.73. The molecular formula is C22H27FN4O2S. The number of carbonyl (C=O) groups excluding carboxylic acids is 2. The van der Waals surface area contributed by atoms with E-state index in [1.54, 1.807) is 17.8 Å². The quantitative estimate of drug-likeness (QED) is 0.402. The Balaban J connectivity index is 1.32. The predicted molar refractivity (Wildman–Crippen MR) is 120 cm³/mol. The molecule has 0 radical (unpaired) electrons. The highest BCUT2D eigenvalue weighted by Gasteiger charge is 2.17. The molecule has 0 atom stereocenters. The van der Waals surface area contributed by atoms with Crippen LogP contribution in [0.1, 0.15) is 6.42 Å². The van der Waals surface area contributed by atoms with Gasteiger partial charge in [-0.05, 0) is 61.7 Å². The van der Waals surface area contributed by atoms with E-state index in [4.69, 9.17) is 0 Å². The first-order valence-corrected chi connectivity index (χ1v) is 11.2. The van der Waals surface area contributed by atoms with Crippen molar-refractivity contribution in [2.75, 3.05) is 55.7 Å². The number of thioether (sulfide) groups is 1. The van der Waals surface area contributed by atoms with Crippen LogP contribution in [0, 0.1) is 5.82 Å². The van der Waals surface area contributed by atoms with E-state index in [1.165, 1.54) is 12.1 Å². The number of rotatable bonds is 7. The van der Waals surface area contributed by atoms with Gasteiger partial charge in [0.05, 0.1) is 0 Å². The van der Waals surface area contributed by atoms with Crippen molar-refractivity contribution in [3.63, 3.8) is 0 Å². The van der Waals surface area contributed by atoms with Gasteiger partial charge >= 0.3 is 11.8 Å². The van der Waals surface area contributed by atoms with Crippen LogP contribution < -0.4 is 15.5 Å². The van der Waals surface area contributed by atoms with Gasteiger partial charge in [-0.15, -0.1) is 11.8 Å². The van der Waals surface area contributed by atoms with Gasteiger partial charge in [0.25, 0.3) is 0 Å². The topological polar surface area (TPSA) is 64.7 Å². The standard InChI is InChI=1S/C22H27FN4O2S/c1-30-20-5-2-4-18(16-20)25-22(29)21(28)24-10-3-11-26-12-14-27(15-13-26)19-8-6-17(23)7-9-19/h2,4-9,16H,3,10-15H2,1H3,(H,24,28)(H,25,29). The van der Waals surface area contributed by atoms with E-state index < -0.39 is 11.8 Å². The van der Waals surface area contributed by atoms with Crippen LogP contribution in [0.15, 0.2) is 53.4 Å². The van der Waals surface area contributed by atoms with Crippen molar-refractivity contribution in [3.05, 3.63) is 54.3 Å². The Labute approximate surface area is 180 Å². The zero-order valence-corrected chi connectivity index (χ0v) is 17.9. The maximum absolute atomic E-state index is 13.1. The number of benzene rings is 2. The average molecular weight is 431 g/mol. The van der Waals surface area contributed by atoms with Crippen LogP contribution in [0.2, 0.25) is 0 Å². The summed E-state index contributed by atoms with van der Waals surface area (Å²) in [4.78, 5) is 29.6. The first-order valence-electron chi connectivity index (χ1n) is 10.0. The highest BCUT2D eigenvalue weighted by molar-refractivity contribution is 7.98. The van der Waals surface area contributed by atoms with Crippen LogP contribution in [-0.4, -0.2) is 62.2 Å². The van der Waals surface area contributed by atoms with Gasteiger partial charge in [0.1, 0.15) is 5.82 Å². The highest BCUT2D eigenvalue weighted by Crippen LogP contribution is 2.19. The van der Waals surface area contributed by atoms with Gasteiger partial charge in [0, 0.05) is 49.0 Å². The van der Waals surface area contributed by atoms with Gasteiger partial charge < -0.3 is 15.5 Å². The molecule has 0 aliphatic carbocycles. The van der Waals surface area contributed by atoms with Gasteiger partial charge in [0.15, 0.2) is 0 Å². The van der Waals surface area contributed by atoms with E-state index >= 15 is 0 Å². The van der Waals surface area contributed by atoms with Crippen LogP contribution in [0.3, 0.4) is 0 Å². The number of carbonyl (C=O) groups is 2. The fourth-order valence-electron chi connectivity index (χ4n) is 3.36. The maximum atomic E-state index is 13.1. The van der Waals surface area contributed by atoms with Crippen LogP contribution in [0.5, 0.6) is 0 Å².